The van der Waals surface area contributed by atoms with E-state index in [2.05, 4.69) is 20.3 Å². The molecule has 2 atom stereocenters. The predicted octanol–water partition coefficient (Wildman–Crippen LogP) is 2.65. The predicted molar refractivity (Wildman–Crippen MR) is 38.9 cm³/mol. The van der Waals surface area contributed by atoms with Crippen LogP contribution < -0.4 is 0 Å². The molecule has 2 bridgehead atoms. The Balaban J connectivity index is 2.13. The second-order valence-electron chi connectivity index (χ2n) is 4.17. The molecule has 3 aliphatic rings. The third kappa shape index (κ3) is 0.595. The third-order valence-electron chi connectivity index (χ3n) is 3.51. The standard InChI is InChI=1S/C9H15/c1-9(2)7-4-3-5-8(9)6-7/h4,7-8H,3,5-6H2,1-2H3/t7-,8-/m1/s1. The monoisotopic (exact) mass is 123 g/mol. The summed E-state index contributed by atoms with van der Waals surface area (Å²) in [7, 11) is 0. The van der Waals surface area contributed by atoms with Gasteiger partial charge in [0.25, 0.3) is 0 Å². The molecule has 0 amide bonds. The molecule has 1 radical (unpaired) electrons. The summed E-state index contributed by atoms with van der Waals surface area (Å²) in [6.07, 6.45) is 6.87. The third-order valence-corrected chi connectivity index (χ3v) is 3.51. The topological polar surface area (TPSA) is 0 Å². The highest BCUT2D eigenvalue weighted by Crippen LogP contribution is 2.58. The van der Waals surface area contributed by atoms with Crippen molar-refractivity contribution in [1.82, 2.24) is 0 Å². The summed E-state index contributed by atoms with van der Waals surface area (Å²) in [6.45, 7) is 4.84. The van der Waals surface area contributed by atoms with Gasteiger partial charge in [-0.3, -0.25) is 0 Å². The molecular weight excluding hydrogens is 108 g/mol. The Morgan fingerprint density at radius 1 is 1.44 bits per heavy atom. The van der Waals surface area contributed by atoms with Gasteiger partial charge in [0.05, 0.1) is 0 Å². The number of hydrogen-bond acceptors (Lipinski definition) is 0. The summed E-state index contributed by atoms with van der Waals surface area (Å²) in [5.41, 5.74) is 0.679. The van der Waals surface area contributed by atoms with Crippen LogP contribution in [-0.4, -0.2) is 0 Å². The van der Waals surface area contributed by atoms with E-state index in [0.717, 1.165) is 11.8 Å². The lowest BCUT2D eigenvalue weighted by molar-refractivity contribution is -0.0314. The first-order valence-corrected chi connectivity index (χ1v) is 4.04. The zero-order valence-corrected chi connectivity index (χ0v) is 6.35. The molecule has 3 saturated carbocycles. The highest BCUT2D eigenvalue weighted by Gasteiger charge is 2.49. The van der Waals surface area contributed by atoms with Crippen LogP contribution in [0.25, 0.3) is 0 Å². The van der Waals surface area contributed by atoms with E-state index in [1.165, 1.54) is 19.3 Å². The molecule has 0 aromatic heterocycles. The summed E-state index contributed by atoms with van der Waals surface area (Å²) in [5, 5.41) is 0. The molecule has 0 spiro atoms. The SMILES string of the molecule is CC1(C)[C@@H]2CC[CH][C@@H]1C2. The molecular formula is C9H15. The van der Waals surface area contributed by atoms with Crippen LogP contribution >= 0.6 is 0 Å². The van der Waals surface area contributed by atoms with Gasteiger partial charge in [-0.2, -0.15) is 0 Å². The lowest BCUT2D eigenvalue weighted by Crippen LogP contribution is -2.48. The molecule has 0 N–H and O–H groups in total. The van der Waals surface area contributed by atoms with E-state index >= 15 is 0 Å². The zero-order valence-electron chi connectivity index (χ0n) is 6.35. The van der Waals surface area contributed by atoms with Crippen molar-refractivity contribution in [2.45, 2.75) is 33.1 Å². The zero-order chi connectivity index (χ0) is 6.48. The number of rotatable bonds is 0. The molecule has 0 heteroatoms. The Morgan fingerprint density at radius 2 is 2.22 bits per heavy atom. The molecule has 0 unspecified atom stereocenters. The van der Waals surface area contributed by atoms with Crippen molar-refractivity contribution in [3.05, 3.63) is 6.42 Å². The maximum atomic E-state index is 2.53. The molecule has 9 heavy (non-hydrogen) atoms. The quantitative estimate of drug-likeness (QED) is 0.464. The molecule has 3 aliphatic carbocycles. The van der Waals surface area contributed by atoms with Gasteiger partial charge in [0.1, 0.15) is 0 Å². The Bertz CT molecular complexity index is 108. The van der Waals surface area contributed by atoms with E-state index in [1.54, 1.807) is 0 Å². The summed E-state index contributed by atoms with van der Waals surface area (Å²) in [6, 6.07) is 0. The first kappa shape index (κ1) is 5.76. The Morgan fingerprint density at radius 3 is 2.44 bits per heavy atom. The molecule has 3 fully saturated rings. The largest absolute Gasteiger partial charge is 0.0594 e. The molecule has 0 aromatic carbocycles. The normalized spacial score (nSPS) is 46.0. The van der Waals surface area contributed by atoms with Gasteiger partial charge in [0.15, 0.2) is 0 Å². The Kier molecular flexibility index (Phi) is 0.980. The molecule has 0 aliphatic heterocycles. The van der Waals surface area contributed by atoms with Gasteiger partial charge in [0, 0.05) is 0 Å². The second-order valence-corrected chi connectivity index (χ2v) is 4.17. The first-order valence-electron chi connectivity index (χ1n) is 4.04. The number of fused-ring (bicyclic) bond motifs is 2. The maximum Gasteiger partial charge on any atom is -0.0295 e. The van der Waals surface area contributed by atoms with E-state index in [0.29, 0.717) is 5.41 Å². The summed E-state index contributed by atoms with van der Waals surface area (Å²) < 4.78 is 0. The molecule has 3 rings (SSSR count). The van der Waals surface area contributed by atoms with Gasteiger partial charge >= 0.3 is 0 Å². The van der Waals surface area contributed by atoms with Crippen LogP contribution in [0.2, 0.25) is 0 Å². The van der Waals surface area contributed by atoms with Crippen molar-refractivity contribution in [2.24, 2.45) is 17.3 Å². The van der Waals surface area contributed by atoms with Gasteiger partial charge in [-0.15, -0.1) is 0 Å². The van der Waals surface area contributed by atoms with Crippen molar-refractivity contribution in [3.63, 3.8) is 0 Å². The van der Waals surface area contributed by atoms with E-state index in [9.17, 15) is 0 Å². The van der Waals surface area contributed by atoms with Crippen LogP contribution in [0.1, 0.15) is 33.1 Å². The lowest BCUT2D eigenvalue weighted by Gasteiger charge is -2.56. The van der Waals surface area contributed by atoms with E-state index in [1.807, 2.05) is 0 Å². The first-order chi connectivity index (χ1) is 4.21. The van der Waals surface area contributed by atoms with Crippen LogP contribution in [0, 0.1) is 23.7 Å². The van der Waals surface area contributed by atoms with Gasteiger partial charge in [-0.1, -0.05) is 13.8 Å². The molecule has 51 valence electrons. The highest BCUT2D eigenvalue weighted by molar-refractivity contribution is 5.06. The molecule has 0 aromatic rings. The molecule has 0 heterocycles. The van der Waals surface area contributed by atoms with Crippen LogP contribution in [-0.2, 0) is 0 Å². The fourth-order valence-electron chi connectivity index (χ4n) is 2.44. The van der Waals surface area contributed by atoms with E-state index in [-0.39, 0.29) is 0 Å². The van der Waals surface area contributed by atoms with Crippen molar-refractivity contribution < 1.29 is 0 Å². The Hall–Kier alpha value is 0. The second kappa shape index (κ2) is 1.53. The van der Waals surface area contributed by atoms with Crippen molar-refractivity contribution in [1.29, 1.82) is 0 Å². The summed E-state index contributed by atoms with van der Waals surface area (Å²) in [4.78, 5) is 0. The van der Waals surface area contributed by atoms with E-state index < -0.39 is 0 Å². The fraction of sp³-hybridized carbons (Fsp3) is 0.889. The van der Waals surface area contributed by atoms with Crippen molar-refractivity contribution in [3.8, 4) is 0 Å². The van der Waals surface area contributed by atoms with Gasteiger partial charge in [0.2, 0.25) is 0 Å². The van der Waals surface area contributed by atoms with Crippen molar-refractivity contribution in [2.75, 3.05) is 0 Å². The average Bonchev–Trinajstić information content (AvgIpc) is 1.89. The highest BCUT2D eigenvalue weighted by atomic mass is 14.5. The smallest absolute Gasteiger partial charge is 0.0295 e. The fourth-order valence-corrected chi connectivity index (χ4v) is 2.44. The van der Waals surface area contributed by atoms with Crippen LogP contribution in [0.4, 0.5) is 0 Å². The van der Waals surface area contributed by atoms with Gasteiger partial charge in [-0.05, 0) is 42.9 Å². The average molecular weight is 123 g/mol. The lowest BCUT2D eigenvalue weighted by atomic mass is 9.49. The van der Waals surface area contributed by atoms with E-state index in [4.69, 9.17) is 0 Å². The summed E-state index contributed by atoms with van der Waals surface area (Å²) in [5.74, 6) is 2.03. The summed E-state index contributed by atoms with van der Waals surface area (Å²) >= 11 is 0. The number of hydrogen-bond donors (Lipinski definition) is 0. The maximum absolute atomic E-state index is 2.53. The minimum Gasteiger partial charge on any atom is -0.0594 e. The molecule has 0 nitrogen and oxygen atoms in total. The minimum absolute atomic E-state index is 0.679. The van der Waals surface area contributed by atoms with Gasteiger partial charge in [-0.25, -0.2) is 0 Å². The molecule has 0 saturated heterocycles. The van der Waals surface area contributed by atoms with Crippen molar-refractivity contribution >= 4 is 0 Å². The van der Waals surface area contributed by atoms with Crippen LogP contribution in [0.3, 0.4) is 0 Å². The van der Waals surface area contributed by atoms with Crippen LogP contribution in [0.15, 0.2) is 0 Å². The Labute approximate surface area is 57.6 Å². The van der Waals surface area contributed by atoms with Crippen LogP contribution in [0.5, 0.6) is 0 Å². The van der Waals surface area contributed by atoms with Gasteiger partial charge < -0.3 is 0 Å². The minimum atomic E-state index is 0.679.